The number of aromatic nitrogens is 4. The van der Waals surface area contributed by atoms with Gasteiger partial charge in [-0.2, -0.15) is 5.26 Å². The molecule has 1 aromatic carbocycles. The molecule has 0 bridgehead atoms. The van der Waals surface area contributed by atoms with Crippen LogP contribution < -0.4 is 4.90 Å². The number of hydrogen-bond donors (Lipinski definition) is 0. The lowest BCUT2D eigenvalue weighted by Gasteiger charge is -2.31. The van der Waals surface area contributed by atoms with Gasteiger partial charge in [0, 0.05) is 37.2 Å². The standard InChI is InChI=1S/C23H24N6/c1-23(2,3)17-29(22-10-11-26-21(15-24)27-22)16-20-8-6-19(7-9-20)5-4-13-28-14-12-25-18-28/h6-12,14,18H,13,16-17H2,1-3H3. The molecule has 2 aromatic heterocycles. The minimum absolute atomic E-state index is 0.0799. The summed E-state index contributed by atoms with van der Waals surface area (Å²) in [6, 6.07) is 12.1. The molecule has 6 nitrogen and oxygen atoms in total. The molecule has 3 aromatic rings. The molecule has 0 saturated heterocycles. The summed E-state index contributed by atoms with van der Waals surface area (Å²) in [6.45, 7) is 8.68. The maximum absolute atomic E-state index is 9.12. The van der Waals surface area contributed by atoms with Crippen LogP contribution in [0.25, 0.3) is 0 Å². The van der Waals surface area contributed by atoms with Crippen molar-refractivity contribution in [2.75, 3.05) is 11.4 Å². The smallest absolute Gasteiger partial charge is 0.234 e. The van der Waals surface area contributed by atoms with Gasteiger partial charge in [-0.1, -0.05) is 44.7 Å². The van der Waals surface area contributed by atoms with E-state index in [0.717, 1.165) is 23.5 Å². The summed E-state index contributed by atoms with van der Waals surface area (Å²) in [5.41, 5.74) is 2.22. The first kappa shape index (κ1) is 20.1. The topological polar surface area (TPSA) is 70.6 Å². The molecule has 0 amide bonds. The lowest BCUT2D eigenvalue weighted by molar-refractivity contribution is 0.407. The number of benzene rings is 1. The molecule has 0 unspecified atom stereocenters. The fraction of sp³-hybridized carbons (Fsp3) is 0.304. The summed E-state index contributed by atoms with van der Waals surface area (Å²) < 4.78 is 1.93. The van der Waals surface area contributed by atoms with Gasteiger partial charge in [-0.25, -0.2) is 15.0 Å². The average Bonchev–Trinajstić information content (AvgIpc) is 3.21. The zero-order valence-corrected chi connectivity index (χ0v) is 17.0. The third kappa shape index (κ3) is 6.19. The van der Waals surface area contributed by atoms with E-state index in [1.807, 2.05) is 35.0 Å². The van der Waals surface area contributed by atoms with Gasteiger partial charge >= 0.3 is 0 Å². The van der Waals surface area contributed by atoms with Crippen LogP contribution in [0.3, 0.4) is 0 Å². The Hall–Kier alpha value is -3.64. The molecule has 0 fully saturated rings. The fourth-order valence-corrected chi connectivity index (χ4v) is 2.90. The first-order chi connectivity index (χ1) is 13.9. The number of imidazole rings is 1. The predicted molar refractivity (Wildman–Crippen MR) is 113 cm³/mol. The summed E-state index contributed by atoms with van der Waals surface area (Å²) in [6.07, 6.45) is 7.03. The van der Waals surface area contributed by atoms with E-state index in [1.54, 1.807) is 18.7 Å². The van der Waals surface area contributed by atoms with Gasteiger partial charge in [-0.3, -0.25) is 0 Å². The summed E-state index contributed by atoms with van der Waals surface area (Å²) in [5.74, 6) is 7.27. The van der Waals surface area contributed by atoms with Gasteiger partial charge in [0.1, 0.15) is 11.9 Å². The van der Waals surface area contributed by atoms with E-state index in [1.165, 1.54) is 0 Å². The highest BCUT2D eigenvalue weighted by Gasteiger charge is 2.18. The van der Waals surface area contributed by atoms with E-state index >= 15 is 0 Å². The third-order valence-electron chi connectivity index (χ3n) is 4.11. The fourth-order valence-electron chi connectivity index (χ4n) is 2.90. The summed E-state index contributed by atoms with van der Waals surface area (Å²) in [7, 11) is 0. The molecule has 0 saturated carbocycles. The predicted octanol–water partition coefficient (Wildman–Crippen LogP) is 3.65. The molecule has 0 radical (unpaired) electrons. The Morgan fingerprint density at radius 1 is 1.10 bits per heavy atom. The van der Waals surface area contributed by atoms with E-state index in [9.17, 15) is 0 Å². The summed E-state index contributed by atoms with van der Waals surface area (Å²) in [4.78, 5) is 14.6. The number of hydrogen-bond acceptors (Lipinski definition) is 5. The van der Waals surface area contributed by atoms with Gasteiger partial charge in [0.2, 0.25) is 5.82 Å². The highest BCUT2D eigenvalue weighted by Crippen LogP contribution is 2.22. The number of rotatable bonds is 5. The van der Waals surface area contributed by atoms with Gasteiger partial charge in [-0.15, -0.1) is 0 Å². The third-order valence-corrected chi connectivity index (χ3v) is 4.11. The maximum atomic E-state index is 9.12. The molecule has 0 aliphatic carbocycles. The number of nitriles is 1. The minimum atomic E-state index is 0.0799. The molecule has 3 rings (SSSR count). The first-order valence-electron chi connectivity index (χ1n) is 9.45. The van der Waals surface area contributed by atoms with Crippen molar-refractivity contribution in [3.63, 3.8) is 0 Å². The molecule has 0 N–H and O–H groups in total. The maximum Gasteiger partial charge on any atom is 0.234 e. The second-order valence-electron chi connectivity index (χ2n) is 8.00. The van der Waals surface area contributed by atoms with Crippen molar-refractivity contribution < 1.29 is 0 Å². The molecule has 6 heteroatoms. The van der Waals surface area contributed by atoms with Gasteiger partial charge in [0.25, 0.3) is 0 Å². The molecule has 0 aliphatic rings. The highest BCUT2D eigenvalue weighted by atomic mass is 15.2. The Kier molecular flexibility index (Phi) is 6.26. The molecule has 0 aliphatic heterocycles. The molecule has 29 heavy (non-hydrogen) atoms. The Labute approximate surface area is 171 Å². The van der Waals surface area contributed by atoms with E-state index in [4.69, 9.17) is 5.26 Å². The van der Waals surface area contributed by atoms with E-state index in [2.05, 4.69) is 64.6 Å². The van der Waals surface area contributed by atoms with Gasteiger partial charge in [0.05, 0.1) is 12.9 Å². The van der Waals surface area contributed by atoms with E-state index < -0.39 is 0 Å². The van der Waals surface area contributed by atoms with Crippen LogP contribution in [0.2, 0.25) is 0 Å². The van der Waals surface area contributed by atoms with Crippen molar-refractivity contribution in [2.24, 2.45) is 5.41 Å². The molecule has 146 valence electrons. The lowest BCUT2D eigenvalue weighted by Crippen LogP contribution is -2.33. The molecular weight excluding hydrogens is 360 g/mol. The zero-order valence-electron chi connectivity index (χ0n) is 17.0. The van der Waals surface area contributed by atoms with E-state index in [-0.39, 0.29) is 11.2 Å². The Bertz CT molecular complexity index is 1030. The largest absolute Gasteiger partial charge is 0.352 e. The first-order valence-corrected chi connectivity index (χ1v) is 9.45. The SMILES string of the molecule is CC(C)(C)CN(Cc1ccc(C#CCn2ccnc2)cc1)c1ccnc(C#N)n1. The van der Waals surface area contributed by atoms with Crippen molar-refractivity contribution in [1.29, 1.82) is 5.26 Å². The molecule has 0 spiro atoms. The lowest BCUT2D eigenvalue weighted by atomic mass is 9.95. The molecule has 2 heterocycles. The van der Waals surface area contributed by atoms with Crippen LogP contribution >= 0.6 is 0 Å². The summed E-state index contributed by atoms with van der Waals surface area (Å²) >= 11 is 0. The normalized spacial score (nSPS) is 10.7. The van der Waals surface area contributed by atoms with Crippen molar-refractivity contribution in [1.82, 2.24) is 19.5 Å². The number of nitrogens with zero attached hydrogens (tertiary/aromatic N) is 6. The van der Waals surface area contributed by atoms with Crippen molar-refractivity contribution in [3.8, 4) is 17.9 Å². The second-order valence-corrected chi connectivity index (χ2v) is 8.00. The van der Waals surface area contributed by atoms with Gasteiger partial charge < -0.3 is 9.47 Å². The summed E-state index contributed by atoms with van der Waals surface area (Å²) in [5, 5.41) is 9.12. The van der Waals surface area contributed by atoms with Crippen LogP contribution in [-0.2, 0) is 13.1 Å². The van der Waals surface area contributed by atoms with Gasteiger partial charge in [0.15, 0.2) is 0 Å². The second kappa shape index (κ2) is 9.03. The minimum Gasteiger partial charge on any atom is -0.352 e. The van der Waals surface area contributed by atoms with Crippen LogP contribution in [-0.4, -0.2) is 26.1 Å². The van der Waals surface area contributed by atoms with Crippen LogP contribution in [0, 0.1) is 28.6 Å². The van der Waals surface area contributed by atoms with Crippen molar-refractivity contribution in [3.05, 3.63) is 72.2 Å². The zero-order chi connectivity index (χ0) is 20.7. The van der Waals surface area contributed by atoms with Crippen molar-refractivity contribution in [2.45, 2.75) is 33.9 Å². The quantitative estimate of drug-likeness (QED) is 0.628. The monoisotopic (exact) mass is 384 g/mol. The highest BCUT2D eigenvalue weighted by molar-refractivity contribution is 5.42. The van der Waals surface area contributed by atoms with E-state index in [0.29, 0.717) is 13.1 Å². The Balaban J connectivity index is 1.73. The van der Waals surface area contributed by atoms with Gasteiger partial charge in [-0.05, 0) is 29.2 Å². The van der Waals surface area contributed by atoms with Crippen LogP contribution in [0.1, 0.15) is 37.7 Å². The van der Waals surface area contributed by atoms with Crippen LogP contribution in [0.15, 0.2) is 55.2 Å². The van der Waals surface area contributed by atoms with Crippen LogP contribution in [0.5, 0.6) is 0 Å². The molecular formula is C23H24N6. The van der Waals surface area contributed by atoms with Crippen molar-refractivity contribution >= 4 is 5.82 Å². The Morgan fingerprint density at radius 2 is 1.90 bits per heavy atom. The average molecular weight is 384 g/mol. The van der Waals surface area contributed by atoms with Crippen LogP contribution in [0.4, 0.5) is 5.82 Å². The number of anilines is 1. The molecule has 0 atom stereocenters. The Morgan fingerprint density at radius 3 is 2.55 bits per heavy atom.